The Balaban J connectivity index is 2.23. The Hall–Kier alpha value is -1.88. The van der Waals surface area contributed by atoms with Crippen LogP contribution in [0.2, 0.25) is 5.02 Å². The highest BCUT2D eigenvalue weighted by atomic mass is 35.5. The van der Waals surface area contributed by atoms with E-state index in [0.29, 0.717) is 16.3 Å². The molecule has 20 heavy (non-hydrogen) atoms. The second kappa shape index (κ2) is 6.05. The molecule has 0 atom stereocenters. The van der Waals surface area contributed by atoms with Crippen molar-refractivity contribution in [2.75, 3.05) is 5.32 Å². The maximum atomic E-state index is 13.7. The molecule has 0 unspecified atom stereocenters. The Kier molecular flexibility index (Phi) is 4.39. The van der Waals surface area contributed by atoms with Gasteiger partial charge in [-0.05, 0) is 26.0 Å². The number of aromatic nitrogens is 2. The van der Waals surface area contributed by atoms with Crippen molar-refractivity contribution in [3.8, 4) is 0 Å². The van der Waals surface area contributed by atoms with Crippen molar-refractivity contribution in [3.63, 3.8) is 0 Å². The van der Waals surface area contributed by atoms with E-state index in [4.69, 9.17) is 11.6 Å². The minimum Gasteiger partial charge on any atom is -0.381 e. The Morgan fingerprint density at radius 2 is 2.15 bits per heavy atom. The quantitative estimate of drug-likeness (QED) is 0.943. The molecule has 6 heteroatoms. The maximum absolute atomic E-state index is 13.7. The Morgan fingerprint density at radius 1 is 1.40 bits per heavy atom. The van der Waals surface area contributed by atoms with Crippen molar-refractivity contribution >= 4 is 17.3 Å². The van der Waals surface area contributed by atoms with Gasteiger partial charge < -0.3 is 5.32 Å². The first-order valence-corrected chi connectivity index (χ1v) is 6.61. The highest BCUT2D eigenvalue weighted by Gasteiger charge is 2.07. The van der Waals surface area contributed by atoms with Crippen molar-refractivity contribution in [2.45, 2.75) is 26.4 Å². The molecule has 4 nitrogen and oxygen atoms in total. The second-order valence-corrected chi connectivity index (χ2v) is 5.21. The van der Waals surface area contributed by atoms with Gasteiger partial charge >= 0.3 is 0 Å². The molecule has 0 amide bonds. The van der Waals surface area contributed by atoms with Gasteiger partial charge in [0.05, 0.1) is 18.4 Å². The van der Waals surface area contributed by atoms with Crippen molar-refractivity contribution in [2.24, 2.45) is 0 Å². The standard InChI is InChI=1S/C14H15ClFN3O/c1-9(2)18-12-6-14(20)19(17-7-12)8-10-3-4-11(15)5-13(10)16/h3-7,9,18H,8H2,1-2H3. The predicted molar refractivity (Wildman–Crippen MR) is 77.8 cm³/mol. The number of nitrogens with one attached hydrogen (secondary N) is 1. The van der Waals surface area contributed by atoms with Crippen LogP contribution in [-0.2, 0) is 6.54 Å². The van der Waals surface area contributed by atoms with Crippen molar-refractivity contribution < 1.29 is 4.39 Å². The molecule has 0 fully saturated rings. The van der Waals surface area contributed by atoms with Crippen molar-refractivity contribution in [1.29, 1.82) is 0 Å². The van der Waals surface area contributed by atoms with E-state index >= 15 is 0 Å². The van der Waals surface area contributed by atoms with Gasteiger partial charge in [0.15, 0.2) is 0 Å². The Morgan fingerprint density at radius 3 is 2.75 bits per heavy atom. The first kappa shape index (κ1) is 14.5. The zero-order valence-corrected chi connectivity index (χ0v) is 12.0. The van der Waals surface area contributed by atoms with Crippen LogP contribution in [0.25, 0.3) is 0 Å². The minimum absolute atomic E-state index is 0.0732. The average Bonchev–Trinajstić information content (AvgIpc) is 2.34. The van der Waals surface area contributed by atoms with Gasteiger partial charge in [0.25, 0.3) is 5.56 Å². The predicted octanol–water partition coefficient (Wildman–Crippen LogP) is 2.90. The zero-order chi connectivity index (χ0) is 14.7. The number of halogens is 2. The number of rotatable bonds is 4. The highest BCUT2D eigenvalue weighted by molar-refractivity contribution is 6.30. The molecule has 0 aliphatic carbocycles. The van der Waals surface area contributed by atoms with Crippen LogP contribution in [0.5, 0.6) is 0 Å². The molecule has 0 saturated heterocycles. The molecule has 0 bridgehead atoms. The van der Waals surface area contributed by atoms with Gasteiger partial charge in [0.1, 0.15) is 5.82 Å². The molecule has 0 aliphatic rings. The lowest BCUT2D eigenvalue weighted by Crippen LogP contribution is -2.24. The zero-order valence-electron chi connectivity index (χ0n) is 11.2. The lowest BCUT2D eigenvalue weighted by molar-refractivity contribution is 0.572. The highest BCUT2D eigenvalue weighted by Crippen LogP contribution is 2.15. The molecular formula is C14H15ClFN3O. The SMILES string of the molecule is CC(C)Nc1cnn(Cc2ccc(Cl)cc2F)c(=O)c1. The fourth-order valence-corrected chi connectivity index (χ4v) is 1.93. The summed E-state index contributed by atoms with van der Waals surface area (Å²) in [6.45, 7) is 4.01. The van der Waals surface area contributed by atoms with Crippen LogP contribution in [0.3, 0.4) is 0 Å². The maximum Gasteiger partial charge on any atom is 0.269 e. The van der Waals surface area contributed by atoms with Gasteiger partial charge in [0.2, 0.25) is 0 Å². The molecule has 1 aromatic heterocycles. The monoisotopic (exact) mass is 295 g/mol. The van der Waals surface area contributed by atoms with Gasteiger partial charge in [-0.25, -0.2) is 9.07 Å². The molecule has 0 aliphatic heterocycles. The van der Waals surface area contributed by atoms with E-state index in [1.54, 1.807) is 18.3 Å². The molecule has 1 heterocycles. The summed E-state index contributed by atoms with van der Waals surface area (Å²) < 4.78 is 14.9. The Labute approximate surface area is 121 Å². The summed E-state index contributed by atoms with van der Waals surface area (Å²) in [7, 11) is 0. The third kappa shape index (κ3) is 3.57. The van der Waals surface area contributed by atoms with Gasteiger partial charge in [-0.1, -0.05) is 17.7 Å². The van der Waals surface area contributed by atoms with Crippen LogP contribution in [0.4, 0.5) is 10.1 Å². The largest absolute Gasteiger partial charge is 0.381 e. The Bertz CT molecular complexity index is 670. The van der Waals surface area contributed by atoms with E-state index < -0.39 is 5.82 Å². The first-order valence-electron chi connectivity index (χ1n) is 6.23. The van der Waals surface area contributed by atoms with Gasteiger partial charge in [-0.3, -0.25) is 4.79 Å². The van der Waals surface area contributed by atoms with Crippen LogP contribution in [-0.4, -0.2) is 15.8 Å². The van der Waals surface area contributed by atoms with Crippen LogP contribution in [0.15, 0.2) is 35.3 Å². The molecule has 2 aromatic rings. The summed E-state index contributed by atoms with van der Waals surface area (Å²) in [6, 6.07) is 6.00. The molecule has 1 N–H and O–H groups in total. The summed E-state index contributed by atoms with van der Waals surface area (Å²) >= 11 is 5.69. The average molecular weight is 296 g/mol. The van der Waals surface area contributed by atoms with E-state index in [2.05, 4.69) is 10.4 Å². The molecule has 106 valence electrons. The van der Waals surface area contributed by atoms with Crippen LogP contribution in [0.1, 0.15) is 19.4 Å². The number of anilines is 1. The van der Waals surface area contributed by atoms with Crippen molar-refractivity contribution in [1.82, 2.24) is 9.78 Å². The summed E-state index contributed by atoms with van der Waals surface area (Å²) in [4.78, 5) is 11.9. The van der Waals surface area contributed by atoms with Crippen LogP contribution in [0, 0.1) is 5.82 Å². The summed E-state index contributed by atoms with van der Waals surface area (Å²) in [5.74, 6) is -0.449. The van der Waals surface area contributed by atoms with Gasteiger partial charge in [-0.15, -0.1) is 0 Å². The summed E-state index contributed by atoms with van der Waals surface area (Å²) in [6.07, 6.45) is 1.55. The number of benzene rings is 1. The summed E-state index contributed by atoms with van der Waals surface area (Å²) in [5.41, 5.74) is 0.733. The molecule has 2 rings (SSSR count). The van der Waals surface area contributed by atoms with Crippen LogP contribution >= 0.6 is 11.6 Å². The number of nitrogens with zero attached hydrogens (tertiary/aromatic N) is 2. The van der Waals surface area contributed by atoms with Gasteiger partial charge in [0, 0.05) is 22.7 Å². The number of hydrogen-bond acceptors (Lipinski definition) is 3. The molecule has 0 radical (unpaired) electrons. The normalized spacial score (nSPS) is 10.8. The smallest absolute Gasteiger partial charge is 0.269 e. The minimum atomic E-state index is -0.449. The lowest BCUT2D eigenvalue weighted by Gasteiger charge is -2.10. The molecule has 0 saturated carbocycles. The number of hydrogen-bond donors (Lipinski definition) is 1. The molecule has 1 aromatic carbocycles. The van der Waals surface area contributed by atoms with E-state index in [1.807, 2.05) is 13.8 Å². The first-order chi connectivity index (χ1) is 9.45. The topological polar surface area (TPSA) is 46.9 Å². The van der Waals surface area contributed by atoms with E-state index in [9.17, 15) is 9.18 Å². The third-order valence-corrected chi connectivity index (χ3v) is 2.90. The van der Waals surface area contributed by atoms with E-state index in [0.717, 1.165) is 0 Å². The third-order valence-electron chi connectivity index (χ3n) is 2.66. The van der Waals surface area contributed by atoms with E-state index in [1.165, 1.54) is 16.8 Å². The fraction of sp³-hybridized carbons (Fsp3) is 0.286. The van der Waals surface area contributed by atoms with Crippen molar-refractivity contribution in [3.05, 3.63) is 57.2 Å². The lowest BCUT2D eigenvalue weighted by atomic mass is 10.2. The molecular weight excluding hydrogens is 281 g/mol. The van der Waals surface area contributed by atoms with E-state index in [-0.39, 0.29) is 18.1 Å². The molecule has 0 spiro atoms. The second-order valence-electron chi connectivity index (χ2n) is 4.77. The van der Waals surface area contributed by atoms with Gasteiger partial charge in [-0.2, -0.15) is 5.10 Å². The summed E-state index contributed by atoms with van der Waals surface area (Å²) in [5, 5.41) is 7.44. The van der Waals surface area contributed by atoms with Crippen LogP contribution < -0.4 is 10.9 Å². The fourth-order valence-electron chi connectivity index (χ4n) is 1.78.